The van der Waals surface area contributed by atoms with Crippen molar-refractivity contribution in [2.45, 2.75) is 12.6 Å². The molecule has 0 spiro atoms. The molecule has 0 saturated carbocycles. The van der Waals surface area contributed by atoms with Crippen LogP contribution in [0.25, 0.3) is 0 Å². The number of hydrogen-bond donors (Lipinski definition) is 1. The highest BCUT2D eigenvalue weighted by Gasteiger charge is 2.30. The summed E-state index contributed by atoms with van der Waals surface area (Å²) in [5.74, 6) is -0.293. The van der Waals surface area contributed by atoms with Crippen LogP contribution in [0.4, 0.5) is 4.39 Å². The lowest BCUT2D eigenvalue weighted by Gasteiger charge is -2.36. The van der Waals surface area contributed by atoms with E-state index >= 15 is 0 Å². The van der Waals surface area contributed by atoms with Crippen LogP contribution in [-0.4, -0.2) is 55.5 Å². The van der Waals surface area contributed by atoms with Crippen molar-refractivity contribution in [3.63, 3.8) is 0 Å². The molecule has 1 N–H and O–H groups in total. The smallest absolute Gasteiger partial charge is 0.240 e. The first-order valence-electron chi connectivity index (χ1n) is 6.59. The fourth-order valence-electron chi connectivity index (χ4n) is 2.35. The minimum absolute atomic E-state index is 0.0339. The fourth-order valence-corrected chi connectivity index (χ4v) is 2.50. The van der Waals surface area contributed by atoms with Gasteiger partial charge in [0.1, 0.15) is 11.9 Å². The molecule has 1 saturated heterocycles. The number of hydrogen-bond acceptors (Lipinski definition) is 3. The van der Waals surface area contributed by atoms with Gasteiger partial charge in [-0.2, -0.15) is 0 Å². The van der Waals surface area contributed by atoms with Gasteiger partial charge in [-0.3, -0.25) is 9.69 Å². The lowest BCUT2D eigenvalue weighted by molar-refractivity contribution is -0.135. The maximum Gasteiger partial charge on any atom is 0.240 e. The largest absolute Gasteiger partial charge is 0.347 e. The van der Waals surface area contributed by atoms with E-state index in [1.165, 1.54) is 6.07 Å². The molecule has 4 nitrogen and oxygen atoms in total. The maximum atomic E-state index is 13.9. The van der Waals surface area contributed by atoms with Crippen LogP contribution in [0.15, 0.2) is 18.2 Å². The van der Waals surface area contributed by atoms with Crippen molar-refractivity contribution in [3.8, 4) is 0 Å². The van der Waals surface area contributed by atoms with Crippen LogP contribution in [0.2, 0.25) is 5.02 Å². The third kappa shape index (κ3) is 3.48. The maximum absolute atomic E-state index is 13.9. The van der Waals surface area contributed by atoms with Crippen LogP contribution in [0.3, 0.4) is 0 Å². The first-order chi connectivity index (χ1) is 9.49. The molecule has 2 rings (SSSR count). The summed E-state index contributed by atoms with van der Waals surface area (Å²) in [6.07, 6.45) is 0. The Kier molecular flexibility index (Phi) is 4.96. The third-order valence-electron chi connectivity index (χ3n) is 3.47. The van der Waals surface area contributed by atoms with E-state index in [4.69, 9.17) is 11.6 Å². The van der Waals surface area contributed by atoms with E-state index in [-0.39, 0.29) is 17.8 Å². The topological polar surface area (TPSA) is 35.6 Å². The molecule has 0 aromatic heterocycles. The Labute approximate surface area is 123 Å². The number of nitrogens with zero attached hydrogens (tertiary/aromatic N) is 2. The summed E-state index contributed by atoms with van der Waals surface area (Å²) in [7, 11) is 3.47. The van der Waals surface area contributed by atoms with E-state index in [1.54, 1.807) is 31.1 Å². The summed E-state index contributed by atoms with van der Waals surface area (Å²) in [4.78, 5) is 15.7. The highest BCUT2D eigenvalue weighted by Crippen LogP contribution is 2.18. The van der Waals surface area contributed by atoms with Gasteiger partial charge in [-0.1, -0.05) is 17.7 Å². The van der Waals surface area contributed by atoms with Crippen molar-refractivity contribution in [3.05, 3.63) is 34.6 Å². The summed E-state index contributed by atoms with van der Waals surface area (Å²) < 4.78 is 13.9. The minimum atomic E-state index is -0.327. The van der Waals surface area contributed by atoms with Gasteiger partial charge in [-0.15, -0.1) is 0 Å². The van der Waals surface area contributed by atoms with E-state index in [2.05, 4.69) is 5.32 Å². The first-order valence-corrected chi connectivity index (χ1v) is 6.96. The minimum Gasteiger partial charge on any atom is -0.347 e. The van der Waals surface area contributed by atoms with Crippen LogP contribution in [-0.2, 0) is 11.3 Å². The zero-order valence-corrected chi connectivity index (χ0v) is 12.5. The van der Waals surface area contributed by atoms with Crippen LogP contribution in [0.5, 0.6) is 0 Å². The molecule has 1 aliphatic heterocycles. The Morgan fingerprint density at radius 2 is 2.30 bits per heavy atom. The molecule has 1 aromatic carbocycles. The van der Waals surface area contributed by atoms with Crippen molar-refractivity contribution in [2.24, 2.45) is 0 Å². The van der Waals surface area contributed by atoms with Gasteiger partial charge >= 0.3 is 0 Å². The number of piperazine rings is 1. The summed E-state index contributed by atoms with van der Waals surface area (Å²) in [6.45, 7) is 2.51. The van der Waals surface area contributed by atoms with E-state index in [0.29, 0.717) is 30.2 Å². The van der Waals surface area contributed by atoms with Gasteiger partial charge in [0.2, 0.25) is 5.91 Å². The summed E-state index contributed by atoms with van der Waals surface area (Å²) in [5, 5.41) is 3.59. The molecule has 0 radical (unpaired) electrons. The van der Waals surface area contributed by atoms with E-state index < -0.39 is 0 Å². The molecule has 1 amide bonds. The van der Waals surface area contributed by atoms with Gasteiger partial charge < -0.3 is 10.2 Å². The van der Waals surface area contributed by atoms with E-state index in [1.807, 2.05) is 4.90 Å². The second-order valence-electron chi connectivity index (χ2n) is 5.16. The number of halogens is 2. The molecule has 6 heteroatoms. The van der Waals surface area contributed by atoms with Crippen LogP contribution in [0, 0.1) is 5.82 Å². The van der Waals surface area contributed by atoms with Crippen molar-refractivity contribution in [1.29, 1.82) is 0 Å². The monoisotopic (exact) mass is 299 g/mol. The average Bonchev–Trinajstić information content (AvgIpc) is 2.41. The molecular formula is C14H19ClFN3O. The molecule has 1 unspecified atom stereocenters. The van der Waals surface area contributed by atoms with Gasteiger partial charge in [0.05, 0.1) is 0 Å². The molecule has 0 bridgehead atoms. The Hall–Kier alpha value is -1.17. The van der Waals surface area contributed by atoms with Gasteiger partial charge in [0.15, 0.2) is 0 Å². The predicted octanol–water partition coefficient (Wildman–Crippen LogP) is 1.34. The zero-order chi connectivity index (χ0) is 14.7. The number of benzene rings is 1. The fraction of sp³-hybridized carbons (Fsp3) is 0.500. The lowest BCUT2D eigenvalue weighted by atomic mass is 10.1. The summed E-state index contributed by atoms with van der Waals surface area (Å²) in [5.41, 5.74) is 0.563. The van der Waals surface area contributed by atoms with Crippen molar-refractivity contribution in [2.75, 3.05) is 33.7 Å². The van der Waals surface area contributed by atoms with Gasteiger partial charge in [-0.05, 0) is 12.1 Å². The molecule has 0 aliphatic carbocycles. The second-order valence-corrected chi connectivity index (χ2v) is 5.60. The number of carbonyl (C=O) groups is 1. The number of rotatable bonds is 3. The van der Waals surface area contributed by atoms with E-state index in [9.17, 15) is 9.18 Å². The Bertz CT molecular complexity index is 495. The molecule has 1 fully saturated rings. The van der Waals surface area contributed by atoms with Crippen molar-refractivity contribution in [1.82, 2.24) is 15.1 Å². The number of nitrogens with one attached hydrogen (secondary N) is 1. The van der Waals surface area contributed by atoms with Crippen molar-refractivity contribution >= 4 is 17.5 Å². The Balaban J connectivity index is 2.14. The number of amides is 1. The van der Waals surface area contributed by atoms with Crippen LogP contribution >= 0.6 is 11.6 Å². The summed E-state index contributed by atoms with van der Waals surface area (Å²) >= 11 is 5.76. The molecule has 110 valence electrons. The quantitative estimate of drug-likeness (QED) is 0.915. The van der Waals surface area contributed by atoms with Crippen LogP contribution in [0.1, 0.15) is 5.56 Å². The molecule has 1 heterocycles. The van der Waals surface area contributed by atoms with Gasteiger partial charge in [0, 0.05) is 50.9 Å². The molecule has 1 atom stereocenters. The highest BCUT2D eigenvalue weighted by molar-refractivity contribution is 6.30. The van der Waals surface area contributed by atoms with E-state index in [0.717, 1.165) is 6.54 Å². The average molecular weight is 300 g/mol. The normalized spacial score (nSPS) is 19.9. The number of likely N-dealkylation sites (N-methyl/N-ethyl adjacent to an activating group) is 1. The molecular weight excluding hydrogens is 281 g/mol. The first kappa shape index (κ1) is 15.2. The van der Waals surface area contributed by atoms with Gasteiger partial charge in [0.25, 0.3) is 0 Å². The van der Waals surface area contributed by atoms with Gasteiger partial charge in [-0.25, -0.2) is 4.39 Å². The third-order valence-corrected chi connectivity index (χ3v) is 3.70. The number of carbonyl (C=O) groups excluding carboxylic acids is 1. The molecule has 1 aliphatic rings. The Morgan fingerprint density at radius 1 is 1.55 bits per heavy atom. The zero-order valence-electron chi connectivity index (χ0n) is 11.7. The second kappa shape index (κ2) is 6.52. The molecule has 1 aromatic rings. The van der Waals surface area contributed by atoms with Crippen LogP contribution < -0.4 is 5.32 Å². The lowest BCUT2D eigenvalue weighted by Crippen LogP contribution is -2.57. The SMILES string of the molecule is CN(C)C(=O)C1CNCCN1Cc1ccc(Cl)cc1F. The summed E-state index contributed by atoms with van der Waals surface area (Å²) in [6, 6.07) is 4.40. The highest BCUT2D eigenvalue weighted by atomic mass is 35.5. The molecule has 20 heavy (non-hydrogen) atoms. The Morgan fingerprint density at radius 3 is 2.95 bits per heavy atom. The standard InChI is InChI=1S/C14H19ClFN3O/c1-18(2)14(20)13-8-17-5-6-19(13)9-10-3-4-11(15)7-12(10)16/h3-4,7,13,17H,5-6,8-9H2,1-2H3. The van der Waals surface area contributed by atoms with Crippen molar-refractivity contribution < 1.29 is 9.18 Å². The predicted molar refractivity (Wildman–Crippen MR) is 77.2 cm³/mol.